The fraction of sp³-hybridized carbons (Fsp3) is 0.105. The summed E-state index contributed by atoms with van der Waals surface area (Å²) in [5.74, 6) is -1.78. The van der Waals surface area contributed by atoms with Crippen LogP contribution in [0.1, 0.15) is 16.1 Å². The molecule has 1 heterocycles. The van der Waals surface area contributed by atoms with E-state index in [4.69, 9.17) is 26.8 Å². The maximum Gasteiger partial charge on any atom is 0.358 e. The molecule has 0 radical (unpaired) electrons. The molecule has 28 heavy (non-hydrogen) atoms. The lowest BCUT2D eigenvalue weighted by Crippen LogP contribution is -2.12. The molecule has 0 aliphatic carbocycles. The Balaban J connectivity index is 1.96. The first kappa shape index (κ1) is 20.0. The topological polar surface area (TPSA) is 87.3 Å². The lowest BCUT2D eigenvalue weighted by Gasteiger charge is -2.11. The van der Waals surface area contributed by atoms with Crippen LogP contribution in [0.2, 0.25) is 5.02 Å². The molecular formula is C19H14BrClFN3O3. The van der Waals surface area contributed by atoms with Crippen LogP contribution in [0.5, 0.6) is 5.75 Å². The van der Waals surface area contributed by atoms with Crippen molar-refractivity contribution in [2.75, 3.05) is 12.8 Å². The van der Waals surface area contributed by atoms with E-state index >= 15 is 0 Å². The van der Waals surface area contributed by atoms with Crippen LogP contribution >= 0.6 is 27.5 Å². The van der Waals surface area contributed by atoms with Gasteiger partial charge in [-0.2, -0.15) is 0 Å². The van der Waals surface area contributed by atoms with Crippen molar-refractivity contribution in [2.24, 2.45) is 0 Å². The number of ether oxygens (including phenoxy) is 2. The van der Waals surface area contributed by atoms with Crippen LogP contribution in [0.4, 0.5) is 10.2 Å². The zero-order valence-corrected chi connectivity index (χ0v) is 16.9. The van der Waals surface area contributed by atoms with Crippen molar-refractivity contribution >= 4 is 39.3 Å². The zero-order chi connectivity index (χ0) is 20.3. The molecule has 0 saturated carbocycles. The van der Waals surface area contributed by atoms with Gasteiger partial charge >= 0.3 is 5.97 Å². The summed E-state index contributed by atoms with van der Waals surface area (Å²) < 4.78 is 25.1. The number of nitrogen functional groups attached to an aromatic ring is 1. The smallest absolute Gasteiger partial charge is 0.358 e. The monoisotopic (exact) mass is 465 g/mol. The predicted octanol–water partition coefficient (Wildman–Crippen LogP) is 4.65. The van der Waals surface area contributed by atoms with Crippen molar-refractivity contribution in [3.8, 4) is 17.1 Å². The van der Waals surface area contributed by atoms with Gasteiger partial charge in [0.25, 0.3) is 0 Å². The maximum absolute atomic E-state index is 14.7. The van der Waals surface area contributed by atoms with Gasteiger partial charge in [-0.25, -0.2) is 19.2 Å². The molecule has 9 heteroatoms. The second-order valence-electron chi connectivity index (χ2n) is 5.60. The first-order valence-electron chi connectivity index (χ1n) is 7.98. The summed E-state index contributed by atoms with van der Waals surface area (Å²) in [6.45, 7) is 0.0501. The van der Waals surface area contributed by atoms with Crippen LogP contribution in [0.15, 0.2) is 46.9 Å². The molecule has 0 aliphatic heterocycles. The molecule has 6 nitrogen and oxygen atoms in total. The molecule has 0 atom stereocenters. The van der Waals surface area contributed by atoms with Gasteiger partial charge in [0.2, 0.25) is 0 Å². The van der Waals surface area contributed by atoms with Gasteiger partial charge in [-0.1, -0.05) is 41.9 Å². The average molecular weight is 467 g/mol. The summed E-state index contributed by atoms with van der Waals surface area (Å²) in [4.78, 5) is 20.7. The molecule has 0 unspecified atom stereocenters. The minimum Gasteiger partial charge on any atom is -0.492 e. The number of carbonyl (C=O) groups is 1. The molecule has 2 aromatic carbocycles. The van der Waals surface area contributed by atoms with Crippen molar-refractivity contribution in [1.82, 2.24) is 9.97 Å². The minimum atomic E-state index is -0.764. The number of aromatic nitrogens is 2. The van der Waals surface area contributed by atoms with E-state index in [0.29, 0.717) is 0 Å². The molecule has 0 bridgehead atoms. The lowest BCUT2D eigenvalue weighted by molar-refractivity contribution is 0.0464. The summed E-state index contributed by atoms with van der Waals surface area (Å²) in [5.41, 5.74) is 6.54. The molecule has 0 spiro atoms. The number of halogens is 3. The molecule has 144 valence electrons. The Hall–Kier alpha value is -2.71. The predicted molar refractivity (Wildman–Crippen MR) is 107 cm³/mol. The molecule has 0 fully saturated rings. The first-order chi connectivity index (χ1) is 13.4. The van der Waals surface area contributed by atoms with Crippen molar-refractivity contribution in [3.63, 3.8) is 0 Å². The normalized spacial score (nSPS) is 10.6. The highest BCUT2D eigenvalue weighted by Crippen LogP contribution is 2.35. The Bertz CT molecular complexity index is 1030. The van der Waals surface area contributed by atoms with Crippen molar-refractivity contribution in [2.45, 2.75) is 6.61 Å². The second kappa shape index (κ2) is 8.53. The standard InChI is InChI=1S/C19H14BrClFN3O3/c1-27-16-12(21)8-7-11(14(16)22)18-24-15(13(20)17(23)25-18)19(26)28-9-10-5-3-2-4-6-10/h2-8H,9H2,1H3,(H2,23,24,25). The van der Waals surface area contributed by atoms with Crippen LogP contribution in [-0.2, 0) is 11.3 Å². The number of nitrogens with two attached hydrogens (primary N) is 1. The number of hydrogen-bond acceptors (Lipinski definition) is 6. The third-order valence-electron chi connectivity index (χ3n) is 3.78. The number of benzene rings is 2. The van der Waals surface area contributed by atoms with Crippen molar-refractivity contribution in [3.05, 3.63) is 69.0 Å². The van der Waals surface area contributed by atoms with E-state index in [1.807, 2.05) is 30.3 Å². The van der Waals surface area contributed by atoms with Crippen LogP contribution in [-0.4, -0.2) is 23.0 Å². The highest BCUT2D eigenvalue weighted by Gasteiger charge is 2.22. The molecule has 0 amide bonds. The largest absolute Gasteiger partial charge is 0.492 e. The van der Waals surface area contributed by atoms with Gasteiger partial charge < -0.3 is 15.2 Å². The Labute approximate surface area is 173 Å². The average Bonchev–Trinajstić information content (AvgIpc) is 2.69. The minimum absolute atomic E-state index is 0.0161. The fourth-order valence-corrected chi connectivity index (χ4v) is 2.97. The highest BCUT2D eigenvalue weighted by atomic mass is 79.9. The molecule has 2 N–H and O–H groups in total. The summed E-state index contributed by atoms with van der Waals surface area (Å²) in [7, 11) is 1.29. The van der Waals surface area contributed by atoms with E-state index in [0.717, 1.165) is 5.56 Å². The number of rotatable bonds is 5. The van der Waals surface area contributed by atoms with E-state index in [9.17, 15) is 9.18 Å². The molecule has 0 aliphatic rings. The SMILES string of the molecule is COc1c(Cl)ccc(-c2nc(N)c(Br)c(C(=O)OCc3ccccc3)n2)c1F. The summed E-state index contributed by atoms with van der Waals surface area (Å²) in [5, 5.41) is 0.0938. The van der Waals surface area contributed by atoms with E-state index in [2.05, 4.69) is 25.9 Å². The third kappa shape index (κ3) is 4.07. The number of anilines is 1. The number of carbonyl (C=O) groups excluding carboxylic acids is 1. The number of nitrogens with zero attached hydrogens (tertiary/aromatic N) is 2. The van der Waals surface area contributed by atoms with Crippen LogP contribution in [0.25, 0.3) is 11.4 Å². The highest BCUT2D eigenvalue weighted by molar-refractivity contribution is 9.10. The summed E-state index contributed by atoms with van der Waals surface area (Å²) >= 11 is 9.10. The van der Waals surface area contributed by atoms with E-state index < -0.39 is 11.8 Å². The third-order valence-corrected chi connectivity index (χ3v) is 4.86. The maximum atomic E-state index is 14.7. The molecule has 3 rings (SSSR count). The van der Waals surface area contributed by atoms with Gasteiger partial charge in [0, 0.05) is 0 Å². The molecule has 0 saturated heterocycles. The van der Waals surface area contributed by atoms with E-state index in [1.54, 1.807) is 0 Å². The van der Waals surface area contributed by atoms with Crippen molar-refractivity contribution in [1.29, 1.82) is 0 Å². The Morgan fingerprint density at radius 3 is 2.61 bits per heavy atom. The van der Waals surface area contributed by atoms with E-state index in [-0.39, 0.29) is 44.8 Å². The fourth-order valence-electron chi connectivity index (χ4n) is 2.40. The number of esters is 1. The molecular weight excluding hydrogens is 453 g/mol. The Morgan fingerprint density at radius 2 is 1.93 bits per heavy atom. The molecule has 3 aromatic rings. The van der Waals surface area contributed by atoms with Gasteiger partial charge in [-0.15, -0.1) is 0 Å². The Morgan fingerprint density at radius 1 is 1.21 bits per heavy atom. The first-order valence-corrected chi connectivity index (χ1v) is 9.16. The van der Waals surface area contributed by atoms with Crippen LogP contribution in [0, 0.1) is 5.82 Å². The Kier molecular flexibility index (Phi) is 6.11. The number of methoxy groups -OCH3 is 1. The van der Waals surface area contributed by atoms with Crippen LogP contribution < -0.4 is 10.5 Å². The van der Waals surface area contributed by atoms with E-state index in [1.165, 1.54) is 19.2 Å². The van der Waals surface area contributed by atoms with Crippen molar-refractivity contribution < 1.29 is 18.7 Å². The molecule has 1 aromatic heterocycles. The van der Waals surface area contributed by atoms with Gasteiger partial charge in [-0.3, -0.25) is 0 Å². The van der Waals surface area contributed by atoms with Gasteiger partial charge in [0.05, 0.1) is 22.2 Å². The zero-order valence-electron chi connectivity index (χ0n) is 14.6. The van der Waals surface area contributed by atoms with Gasteiger partial charge in [-0.05, 0) is 33.6 Å². The quantitative estimate of drug-likeness (QED) is 0.551. The summed E-state index contributed by atoms with van der Waals surface area (Å²) in [6, 6.07) is 12.0. The van der Waals surface area contributed by atoms with Crippen LogP contribution in [0.3, 0.4) is 0 Å². The van der Waals surface area contributed by atoms with Gasteiger partial charge in [0.15, 0.2) is 23.1 Å². The van der Waals surface area contributed by atoms with Gasteiger partial charge in [0.1, 0.15) is 12.4 Å². The number of hydrogen-bond donors (Lipinski definition) is 1. The lowest BCUT2D eigenvalue weighted by atomic mass is 10.1. The summed E-state index contributed by atoms with van der Waals surface area (Å²) in [6.07, 6.45) is 0. The second-order valence-corrected chi connectivity index (χ2v) is 6.80.